The van der Waals surface area contributed by atoms with Gasteiger partial charge in [-0.15, -0.1) is 11.8 Å². The molecule has 0 fully saturated rings. The number of pyridine rings is 1. The summed E-state index contributed by atoms with van der Waals surface area (Å²) in [4.78, 5) is 24.9. The minimum absolute atomic E-state index is 0.00484. The van der Waals surface area contributed by atoms with Crippen LogP contribution in [0.3, 0.4) is 0 Å². The van der Waals surface area contributed by atoms with Crippen molar-refractivity contribution in [3.63, 3.8) is 0 Å². The standard InChI is InChI=1S/C23H24N6O3S2/c1-14-11-15(2)25-22(20(14)13-24)33-10-9-21(30)28-18-5-7-19(8-6-18)34(31,32)29-23-26-16(3)12-17(4)27-23/h5-8,11-12H,9-10H2,1-4H3,(H,28,30)(H,26,27,29). The maximum Gasteiger partial charge on any atom is 0.264 e. The number of amides is 1. The largest absolute Gasteiger partial charge is 0.326 e. The summed E-state index contributed by atoms with van der Waals surface area (Å²) in [5.74, 6) is 0.223. The number of thioether (sulfide) groups is 1. The van der Waals surface area contributed by atoms with Crippen LogP contribution in [0, 0.1) is 39.0 Å². The first-order valence-electron chi connectivity index (χ1n) is 10.3. The number of nitrogens with zero attached hydrogens (tertiary/aromatic N) is 4. The van der Waals surface area contributed by atoms with E-state index in [2.05, 4.69) is 31.1 Å². The van der Waals surface area contributed by atoms with E-state index < -0.39 is 10.0 Å². The van der Waals surface area contributed by atoms with E-state index in [-0.39, 0.29) is 23.2 Å². The lowest BCUT2D eigenvalue weighted by molar-refractivity contribution is -0.115. The summed E-state index contributed by atoms with van der Waals surface area (Å²) in [6, 6.07) is 11.6. The molecule has 2 N–H and O–H groups in total. The molecule has 2 heterocycles. The van der Waals surface area contributed by atoms with Gasteiger partial charge in [0.2, 0.25) is 11.9 Å². The third-order valence-corrected chi connectivity index (χ3v) is 6.97. The van der Waals surface area contributed by atoms with Crippen LogP contribution >= 0.6 is 11.8 Å². The molecule has 3 aromatic rings. The summed E-state index contributed by atoms with van der Waals surface area (Å²) < 4.78 is 27.6. The number of rotatable bonds is 8. The normalized spacial score (nSPS) is 11.0. The highest BCUT2D eigenvalue weighted by atomic mass is 32.2. The second-order valence-corrected chi connectivity index (χ2v) is 10.4. The fourth-order valence-corrected chi connectivity index (χ4v) is 5.16. The molecule has 1 aromatic carbocycles. The van der Waals surface area contributed by atoms with Crippen molar-refractivity contribution in [2.75, 3.05) is 15.8 Å². The average molecular weight is 497 g/mol. The number of carbonyl (C=O) groups excluding carboxylic acids is 1. The Bertz CT molecular complexity index is 1350. The molecule has 0 aliphatic carbocycles. The number of anilines is 2. The number of benzene rings is 1. The number of sulfonamides is 1. The molecular formula is C23H24N6O3S2. The average Bonchev–Trinajstić information content (AvgIpc) is 2.73. The molecule has 0 atom stereocenters. The molecule has 0 bridgehead atoms. The molecule has 3 rings (SSSR count). The number of hydrogen-bond acceptors (Lipinski definition) is 8. The van der Waals surface area contributed by atoms with Gasteiger partial charge in [-0.1, -0.05) is 0 Å². The van der Waals surface area contributed by atoms with E-state index in [0.29, 0.717) is 33.4 Å². The molecule has 0 unspecified atom stereocenters. The number of aryl methyl sites for hydroxylation is 4. The molecule has 0 spiro atoms. The molecule has 0 aliphatic heterocycles. The molecule has 0 aliphatic rings. The van der Waals surface area contributed by atoms with Crippen LogP contribution in [-0.4, -0.2) is 35.0 Å². The molecule has 1 amide bonds. The zero-order chi connectivity index (χ0) is 24.9. The highest BCUT2D eigenvalue weighted by Crippen LogP contribution is 2.24. The Balaban J connectivity index is 1.58. The van der Waals surface area contributed by atoms with Gasteiger partial charge in [0.25, 0.3) is 10.0 Å². The lowest BCUT2D eigenvalue weighted by atomic mass is 10.1. The molecule has 9 nitrogen and oxygen atoms in total. The topological polar surface area (TPSA) is 138 Å². The summed E-state index contributed by atoms with van der Waals surface area (Å²) in [6.45, 7) is 7.23. The van der Waals surface area contributed by atoms with Crippen LogP contribution in [0.5, 0.6) is 0 Å². The van der Waals surface area contributed by atoms with Gasteiger partial charge in [-0.05, 0) is 69.7 Å². The van der Waals surface area contributed by atoms with Crippen molar-refractivity contribution < 1.29 is 13.2 Å². The quantitative estimate of drug-likeness (QED) is 0.448. The van der Waals surface area contributed by atoms with Crippen LogP contribution in [0.15, 0.2) is 46.3 Å². The highest BCUT2D eigenvalue weighted by molar-refractivity contribution is 7.99. The third kappa shape index (κ3) is 6.52. The SMILES string of the molecule is Cc1cc(C)nc(NS(=O)(=O)c2ccc(NC(=O)CCSc3nc(C)cc(C)c3C#N)cc2)n1. The van der Waals surface area contributed by atoms with Gasteiger partial charge in [0.05, 0.1) is 10.5 Å². The Morgan fingerprint density at radius 1 is 1.00 bits per heavy atom. The first-order chi connectivity index (χ1) is 16.1. The van der Waals surface area contributed by atoms with Crippen molar-refractivity contribution in [1.82, 2.24) is 15.0 Å². The van der Waals surface area contributed by atoms with Crippen LogP contribution < -0.4 is 10.0 Å². The van der Waals surface area contributed by atoms with Crippen LogP contribution in [0.25, 0.3) is 0 Å². The van der Waals surface area contributed by atoms with E-state index in [1.165, 1.54) is 36.0 Å². The van der Waals surface area contributed by atoms with Crippen molar-refractivity contribution >= 4 is 39.3 Å². The fourth-order valence-electron chi connectivity index (χ4n) is 3.17. The van der Waals surface area contributed by atoms with Crippen LogP contribution in [-0.2, 0) is 14.8 Å². The van der Waals surface area contributed by atoms with E-state index in [0.717, 1.165) is 11.3 Å². The first-order valence-corrected chi connectivity index (χ1v) is 12.8. The highest BCUT2D eigenvalue weighted by Gasteiger charge is 2.16. The van der Waals surface area contributed by atoms with Crippen LogP contribution in [0.4, 0.5) is 11.6 Å². The predicted octanol–water partition coefficient (Wildman–Crippen LogP) is 3.90. The van der Waals surface area contributed by atoms with E-state index in [1.807, 2.05) is 19.9 Å². The predicted molar refractivity (Wildman–Crippen MR) is 131 cm³/mol. The van der Waals surface area contributed by atoms with E-state index in [1.54, 1.807) is 19.9 Å². The van der Waals surface area contributed by atoms with Gasteiger partial charge in [0, 0.05) is 34.9 Å². The van der Waals surface area contributed by atoms with Gasteiger partial charge in [-0.25, -0.2) is 28.1 Å². The molecule has 11 heteroatoms. The molecule has 0 radical (unpaired) electrons. The molecule has 176 valence electrons. The van der Waals surface area contributed by atoms with E-state index >= 15 is 0 Å². The molecule has 2 aromatic heterocycles. The van der Waals surface area contributed by atoms with Crippen molar-refractivity contribution in [3.05, 3.63) is 64.6 Å². The minimum atomic E-state index is -3.87. The van der Waals surface area contributed by atoms with Crippen molar-refractivity contribution in [2.24, 2.45) is 0 Å². The zero-order valence-electron chi connectivity index (χ0n) is 19.2. The van der Waals surface area contributed by atoms with Crippen LogP contribution in [0.2, 0.25) is 0 Å². The van der Waals surface area contributed by atoms with Gasteiger partial charge in [0.15, 0.2) is 0 Å². The maximum atomic E-state index is 12.6. The smallest absolute Gasteiger partial charge is 0.264 e. The fraction of sp³-hybridized carbons (Fsp3) is 0.261. The molecule has 0 saturated heterocycles. The Kier molecular flexibility index (Phi) is 7.86. The molecule has 0 saturated carbocycles. The second kappa shape index (κ2) is 10.6. The number of hydrogen-bond donors (Lipinski definition) is 2. The summed E-state index contributed by atoms with van der Waals surface area (Å²) in [5.41, 5.74) is 3.97. The van der Waals surface area contributed by atoms with Gasteiger partial charge in [-0.2, -0.15) is 5.26 Å². The van der Waals surface area contributed by atoms with Gasteiger partial charge >= 0.3 is 0 Å². The summed E-state index contributed by atoms with van der Waals surface area (Å²) in [6.07, 6.45) is 0.204. The van der Waals surface area contributed by atoms with E-state index in [9.17, 15) is 18.5 Å². The Morgan fingerprint density at radius 2 is 1.62 bits per heavy atom. The van der Waals surface area contributed by atoms with Gasteiger partial charge < -0.3 is 5.32 Å². The van der Waals surface area contributed by atoms with Crippen molar-refractivity contribution in [3.8, 4) is 6.07 Å². The monoisotopic (exact) mass is 496 g/mol. The Labute approximate surface area is 203 Å². The van der Waals surface area contributed by atoms with Gasteiger partial charge in [0.1, 0.15) is 11.1 Å². The molecule has 34 heavy (non-hydrogen) atoms. The van der Waals surface area contributed by atoms with Crippen molar-refractivity contribution in [2.45, 2.75) is 44.0 Å². The Morgan fingerprint density at radius 3 is 2.24 bits per heavy atom. The molecular weight excluding hydrogens is 472 g/mol. The van der Waals surface area contributed by atoms with Crippen LogP contribution in [0.1, 0.15) is 34.6 Å². The Hall–Kier alpha value is -3.49. The number of nitriles is 1. The summed E-state index contributed by atoms with van der Waals surface area (Å²) in [7, 11) is -3.87. The second-order valence-electron chi connectivity index (χ2n) is 7.62. The third-order valence-electron chi connectivity index (χ3n) is 4.65. The van der Waals surface area contributed by atoms with Crippen molar-refractivity contribution in [1.29, 1.82) is 5.26 Å². The maximum absolute atomic E-state index is 12.6. The number of aromatic nitrogens is 3. The lowest BCUT2D eigenvalue weighted by Gasteiger charge is -2.10. The number of nitrogens with one attached hydrogen (secondary N) is 2. The summed E-state index contributed by atoms with van der Waals surface area (Å²) >= 11 is 1.35. The zero-order valence-corrected chi connectivity index (χ0v) is 20.8. The minimum Gasteiger partial charge on any atom is -0.326 e. The first kappa shape index (κ1) is 25.1. The van der Waals surface area contributed by atoms with E-state index in [4.69, 9.17) is 0 Å². The number of carbonyl (C=O) groups is 1. The van der Waals surface area contributed by atoms with Gasteiger partial charge in [-0.3, -0.25) is 4.79 Å². The summed E-state index contributed by atoms with van der Waals surface area (Å²) in [5, 5.41) is 12.7. The lowest BCUT2D eigenvalue weighted by Crippen LogP contribution is -2.16.